The number of benzene rings is 1. The molecule has 1 aromatic carbocycles. The lowest BCUT2D eigenvalue weighted by atomic mass is 9.85. The first-order chi connectivity index (χ1) is 14.7. The van der Waals surface area contributed by atoms with Crippen molar-refractivity contribution in [3.8, 4) is 0 Å². The van der Waals surface area contributed by atoms with Crippen LogP contribution >= 0.6 is 11.5 Å². The van der Waals surface area contributed by atoms with E-state index in [0.717, 1.165) is 64.2 Å². The number of hydrogen-bond donors (Lipinski definition) is 0. The highest BCUT2D eigenvalue weighted by Gasteiger charge is 2.46. The Morgan fingerprint density at radius 2 is 1.57 bits per heavy atom. The Balaban J connectivity index is 1.07. The van der Waals surface area contributed by atoms with Gasteiger partial charge in [0.2, 0.25) is 11.8 Å². The van der Waals surface area contributed by atoms with Crippen molar-refractivity contribution in [1.82, 2.24) is 14.2 Å². The number of anilines is 1. The highest BCUT2D eigenvalue weighted by atomic mass is 32.1. The molecule has 1 aliphatic carbocycles. The van der Waals surface area contributed by atoms with E-state index in [4.69, 9.17) is 0 Å². The minimum Gasteiger partial charge on any atom is -0.353 e. The standard InChI is InChI=1S/C23H28N4O2S/c28-22-17-7-1-2-8-18(17)23(29)27(22)12-6-5-11-25-13-15-26(16-14-25)21-19-9-3-4-10-20(19)30-24-21/h1-4,9-10,17-18H,5-8,11-16H2/t17-,18+. The second-order valence-corrected chi connectivity index (χ2v) is 9.33. The third-order valence-electron chi connectivity index (χ3n) is 6.74. The first-order valence-corrected chi connectivity index (χ1v) is 11.8. The number of imide groups is 1. The van der Waals surface area contributed by atoms with E-state index in [1.807, 2.05) is 12.2 Å². The maximum absolute atomic E-state index is 12.5. The molecule has 0 saturated carbocycles. The van der Waals surface area contributed by atoms with Gasteiger partial charge >= 0.3 is 0 Å². The molecule has 0 spiro atoms. The molecule has 30 heavy (non-hydrogen) atoms. The Hall–Kier alpha value is -2.25. The van der Waals surface area contributed by atoms with Gasteiger partial charge in [-0.15, -0.1) is 0 Å². The maximum Gasteiger partial charge on any atom is 0.233 e. The molecule has 0 N–H and O–H groups in total. The van der Waals surface area contributed by atoms with Gasteiger partial charge in [0.1, 0.15) is 5.82 Å². The highest BCUT2D eigenvalue weighted by Crippen LogP contribution is 2.35. The fourth-order valence-electron chi connectivity index (χ4n) is 4.98. The molecule has 6 nitrogen and oxygen atoms in total. The number of fused-ring (bicyclic) bond motifs is 2. The summed E-state index contributed by atoms with van der Waals surface area (Å²) in [5.74, 6) is 1.03. The smallest absolute Gasteiger partial charge is 0.233 e. The van der Waals surface area contributed by atoms with E-state index < -0.39 is 0 Å². The first kappa shape index (κ1) is 19.7. The van der Waals surface area contributed by atoms with Gasteiger partial charge in [-0.05, 0) is 55.9 Å². The van der Waals surface area contributed by atoms with Crippen LogP contribution in [0.1, 0.15) is 25.7 Å². The summed E-state index contributed by atoms with van der Waals surface area (Å²) >= 11 is 1.58. The Kier molecular flexibility index (Phi) is 5.56. The average Bonchev–Trinajstić information content (AvgIpc) is 3.32. The van der Waals surface area contributed by atoms with Crippen LogP contribution in [0, 0.1) is 11.8 Å². The number of likely N-dealkylation sites (tertiary alicyclic amines) is 1. The number of rotatable bonds is 6. The number of hydrogen-bond acceptors (Lipinski definition) is 6. The van der Waals surface area contributed by atoms with Gasteiger partial charge in [0, 0.05) is 38.1 Å². The number of allylic oxidation sites excluding steroid dienone is 2. The van der Waals surface area contributed by atoms with E-state index >= 15 is 0 Å². The zero-order valence-corrected chi connectivity index (χ0v) is 18.0. The van der Waals surface area contributed by atoms with E-state index in [0.29, 0.717) is 6.54 Å². The van der Waals surface area contributed by atoms with Crippen LogP contribution in [-0.2, 0) is 9.59 Å². The van der Waals surface area contributed by atoms with Gasteiger partial charge in [0.05, 0.1) is 16.5 Å². The molecule has 158 valence electrons. The van der Waals surface area contributed by atoms with Gasteiger partial charge in [-0.2, -0.15) is 4.37 Å². The van der Waals surface area contributed by atoms with Gasteiger partial charge < -0.3 is 4.90 Å². The molecule has 0 radical (unpaired) electrons. The third kappa shape index (κ3) is 3.65. The predicted molar refractivity (Wildman–Crippen MR) is 120 cm³/mol. The predicted octanol–water partition coefficient (Wildman–Crippen LogP) is 3.15. The van der Waals surface area contributed by atoms with E-state index in [2.05, 4.69) is 38.4 Å². The Morgan fingerprint density at radius 1 is 0.900 bits per heavy atom. The average molecular weight is 425 g/mol. The van der Waals surface area contributed by atoms with Crippen molar-refractivity contribution in [2.75, 3.05) is 44.2 Å². The van der Waals surface area contributed by atoms with Gasteiger partial charge in [0.25, 0.3) is 0 Å². The molecule has 2 aromatic rings. The Bertz CT molecular complexity index is 937. The van der Waals surface area contributed by atoms with Crippen LogP contribution in [0.4, 0.5) is 5.82 Å². The van der Waals surface area contributed by atoms with Gasteiger partial charge in [-0.1, -0.05) is 24.3 Å². The molecule has 2 atom stereocenters. The van der Waals surface area contributed by atoms with E-state index in [-0.39, 0.29) is 23.7 Å². The van der Waals surface area contributed by atoms with Gasteiger partial charge in [-0.3, -0.25) is 19.4 Å². The van der Waals surface area contributed by atoms with E-state index in [9.17, 15) is 9.59 Å². The molecule has 3 heterocycles. The zero-order chi connectivity index (χ0) is 20.5. The lowest BCUT2D eigenvalue weighted by Crippen LogP contribution is -2.46. The minimum atomic E-state index is -0.0997. The quantitative estimate of drug-likeness (QED) is 0.405. The van der Waals surface area contributed by atoms with Crippen LogP contribution in [-0.4, -0.2) is 65.3 Å². The van der Waals surface area contributed by atoms with Crippen LogP contribution in [0.2, 0.25) is 0 Å². The summed E-state index contributed by atoms with van der Waals surface area (Å²) in [6, 6.07) is 8.44. The number of amides is 2. The number of unbranched alkanes of at least 4 members (excludes halogenated alkanes) is 1. The molecule has 2 aliphatic heterocycles. The molecule has 5 rings (SSSR count). The van der Waals surface area contributed by atoms with Crippen molar-refractivity contribution in [2.24, 2.45) is 11.8 Å². The SMILES string of the molecule is O=C1[C@H]2CC=CC[C@H]2C(=O)N1CCCCN1CCN(c2nsc3ccccc23)CC1. The summed E-state index contributed by atoms with van der Waals surface area (Å²) in [7, 11) is 0. The molecule has 1 aromatic heterocycles. The largest absolute Gasteiger partial charge is 0.353 e. The van der Waals surface area contributed by atoms with Crippen LogP contribution < -0.4 is 4.90 Å². The Morgan fingerprint density at radius 3 is 2.30 bits per heavy atom. The molecule has 2 amide bonds. The number of carbonyl (C=O) groups is 2. The lowest BCUT2D eigenvalue weighted by molar-refractivity contribution is -0.139. The normalized spacial score (nSPS) is 24.8. The van der Waals surface area contributed by atoms with Crippen LogP contribution in [0.5, 0.6) is 0 Å². The van der Waals surface area contributed by atoms with Gasteiger partial charge in [0.15, 0.2) is 0 Å². The summed E-state index contributed by atoms with van der Waals surface area (Å²) in [6.45, 7) is 5.65. The van der Waals surface area contributed by atoms with E-state index in [1.54, 1.807) is 11.5 Å². The summed E-state index contributed by atoms with van der Waals surface area (Å²) in [4.78, 5) is 31.5. The second kappa shape index (κ2) is 8.47. The van der Waals surface area contributed by atoms with Crippen molar-refractivity contribution in [3.05, 3.63) is 36.4 Å². The third-order valence-corrected chi connectivity index (χ3v) is 7.55. The molecule has 7 heteroatoms. The fourth-order valence-corrected chi connectivity index (χ4v) is 5.77. The molecule has 2 saturated heterocycles. The number of aromatic nitrogens is 1. The topological polar surface area (TPSA) is 56.8 Å². The molecular formula is C23H28N4O2S. The molecule has 0 unspecified atom stereocenters. The van der Waals surface area contributed by atoms with Gasteiger partial charge in [-0.25, -0.2) is 0 Å². The number of carbonyl (C=O) groups excluding carboxylic acids is 2. The molecular weight excluding hydrogens is 396 g/mol. The van der Waals surface area contributed by atoms with Crippen LogP contribution in [0.15, 0.2) is 36.4 Å². The van der Waals surface area contributed by atoms with Crippen molar-refractivity contribution in [2.45, 2.75) is 25.7 Å². The molecule has 3 aliphatic rings. The zero-order valence-electron chi connectivity index (χ0n) is 17.2. The summed E-state index contributed by atoms with van der Waals surface area (Å²) < 4.78 is 5.93. The van der Waals surface area contributed by atoms with Crippen molar-refractivity contribution in [3.63, 3.8) is 0 Å². The molecule has 0 bridgehead atoms. The van der Waals surface area contributed by atoms with Crippen molar-refractivity contribution < 1.29 is 9.59 Å². The monoisotopic (exact) mass is 424 g/mol. The second-order valence-electron chi connectivity index (χ2n) is 8.52. The maximum atomic E-state index is 12.5. The highest BCUT2D eigenvalue weighted by molar-refractivity contribution is 7.13. The summed E-state index contributed by atoms with van der Waals surface area (Å²) in [6.07, 6.45) is 7.45. The van der Waals surface area contributed by atoms with Crippen LogP contribution in [0.3, 0.4) is 0 Å². The lowest BCUT2D eigenvalue weighted by Gasteiger charge is -2.35. The fraction of sp³-hybridized carbons (Fsp3) is 0.522. The van der Waals surface area contributed by atoms with Crippen LogP contribution in [0.25, 0.3) is 10.1 Å². The number of nitrogens with zero attached hydrogens (tertiary/aromatic N) is 4. The summed E-state index contributed by atoms with van der Waals surface area (Å²) in [5, 5.41) is 1.26. The first-order valence-electron chi connectivity index (χ1n) is 11.0. The van der Waals surface area contributed by atoms with Crippen molar-refractivity contribution in [1.29, 1.82) is 0 Å². The number of piperazine rings is 1. The van der Waals surface area contributed by atoms with Crippen molar-refractivity contribution >= 4 is 39.3 Å². The minimum absolute atomic E-state index is 0.0541. The molecule has 2 fully saturated rings. The summed E-state index contributed by atoms with van der Waals surface area (Å²) in [5.41, 5.74) is 0. The Labute approximate surface area is 181 Å². The van der Waals surface area contributed by atoms with E-state index in [1.165, 1.54) is 15.0 Å².